The van der Waals surface area contributed by atoms with Gasteiger partial charge in [0.15, 0.2) is 5.82 Å². The average Bonchev–Trinajstić information content (AvgIpc) is 2.47. The molecule has 0 spiro atoms. The molecule has 20 heavy (non-hydrogen) atoms. The Morgan fingerprint density at radius 2 is 2.15 bits per heavy atom. The monoisotopic (exact) mass is 291 g/mol. The summed E-state index contributed by atoms with van der Waals surface area (Å²) in [5.74, 6) is 1.30. The molecule has 106 valence electrons. The Labute approximate surface area is 124 Å². The van der Waals surface area contributed by atoms with E-state index in [0.717, 1.165) is 18.7 Å². The Hall–Kier alpha value is -1.88. The molecule has 0 unspecified atom stereocenters. The van der Waals surface area contributed by atoms with E-state index in [2.05, 4.69) is 27.2 Å². The minimum absolute atomic E-state index is 0.533. The summed E-state index contributed by atoms with van der Waals surface area (Å²) < 4.78 is 0. The summed E-state index contributed by atoms with van der Waals surface area (Å²) in [7, 11) is 1.94. The van der Waals surface area contributed by atoms with Gasteiger partial charge >= 0.3 is 0 Å². The summed E-state index contributed by atoms with van der Waals surface area (Å²) in [5, 5.41) is 3.69. The molecule has 0 aliphatic heterocycles. The smallest absolute Gasteiger partial charge is 0.224 e. The zero-order chi connectivity index (χ0) is 14.4. The summed E-state index contributed by atoms with van der Waals surface area (Å²) in [5.41, 5.74) is 0.966. The lowest BCUT2D eigenvalue weighted by molar-refractivity contribution is 0.858. The molecule has 0 aliphatic carbocycles. The molecule has 2 rings (SSSR count). The first kappa shape index (κ1) is 14.5. The van der Waals surface area contributed by atoms with E-state index in [9.17, 15) is 0 Å². The van der Waals surface area contributed by atoms with Crippen LogP contribution in [0.2, 0.25) is 5.02 Å². The molecule has 0 saturated carbocycles. The maximum Gasteiger partial charge on any atom is 0.224 e. The number of hydrogen-bond donors (Lipinski definition) is 1. The number of pyridine rings is 1. The highest BCUT2D eigenvalue weighted by atomic mass is 35.5. The van der Waals surface area contributed by atoms with E-state index in [-0.39, 0.29) is 0 Å². The quantitative estimate of drug-likeness (QED) is 0.887. The number of anilines is 2. The number of rotatable bonds is 6. The summed E-state index contributed by atoms with van der Waals surface area (Å²) in [6.45, 7) is 3.58. The van der Waals surface area contributed by atoms with Crippen molar-refractivity contribution in [3.05, 3.63) is 41.3 Å². The van der Waals surface area contributed by atoms with Crippen molar-refractivity contribution in [3.8, 4) is 0 Å². The molecule has 5 nitrogen and oxygen atoms in total. The van der Waals surface area contributed by atoms with Gasteiger partial charge in [0.25, 0.3) is 0 Å². The van der Waals surface area contributed by atoms with Crippen LogP contribution in [-0.4, -0.2) is 28.5 Å². The van der Waals surface area contributed by atoms with Crippen LogP contribution in [0.1, 0.15) is 19.0 Å². The van der Waals surface area contributed by atoms with Gasteiger partial charge in [-0.2, -0.15) is 4.98 Å². The van der Waals surface area contributed by atoms with Gasteiger partial charge in [-0.25, -0.2) is 4.98 Å². The summed E-state index contributed by atoms with van der Waals surface area (Å²) in [4.78, 5) is 14.9. The van der Waals surface area contributed by atoms with Crippen molar-refractivity contribution < 1.29 is 0 Å². The fraction of sp³-hybridized carbons (Fsp3) is 0.357. The molecule has 0 aromatic carbocycles. The number of halogens is 1. The lowest BCUT2D eigenvalue weighted by Gasteiger charge is -2.19. The lowest BCUT2D eigenvalue weighted by atomic mass is 10.3. The highest BCUT2D eigenvalue weighted by Crippen LogP contribution is 2.23. The van der Waals surface area contributed by atoms with Crippen molar-refractivity contribution in [1.82, 2.24) is 15.0 Å². The Morgan fingerprint density at radius 1 is 1.30 bits per heavy atom. The maximum absolute atomic E-state index is 6.18. The Bertz CT molecular complexity index is 547. The third kappa shape index (κ3) is 3.81. The molecule has 0 aliphatic rings. The number of hydrogen-bond acceptors (Lipinski definition) is 5. The maximum atomic E-state index is 6.18. The SMILES string of the molecule is CCCNc1ncc(Cl)c(N(C)Cc2ccccn2)n1. The van der Waals surface area contributed by atoms with Crippen molar-refractivity contribution in [3.63, 3.8) is 0 Å². The van der Waals surface area contributed by atoms with E-state index >= 15 is 0 Å². The van der Waals surface area contributed by atoms with E-state index in [1.54, 1.807) is 12.4 Å². The lowest BCUT2D eigenvalue weighted by Crippen LogP contribution is -2.20. The van der Waals surface area contributed by atoms with Gasteiger partial charge in [0.2, 0.25) is 5.95 Å². The zero-order valence-electron chi connectivity index (χ0n) is 11.7. The molecular weight excluding hydrogens is 274 g/mol. The average molecular weight is 292 g/mol. The first-order valence-corrected chi connectivity index (χ1v) is 6.96. The summed E-state index contributed by atoms with van der Waals surface area (Å²) >= 11 is 6.18. The second kappa shape index (κ2) is 7.05. The minimum atomic E-state index is 0.533. The van der Waals surface area contributed by atoms with Crippen LogP contribution < -0.4 is 10.2 Å². The fourth-order valence-corrected chi connectivity index (χ4v) is 1.99. The molecule has 6 heteroatoms. The molecule has 0 saturated heterocycles. The second-order valence-corrected chi connectivity index (χ2v) is 4.88. The van der Waals surface area contributed by atoms with Gasteiger partial charge < -0.3 is 10.2 Å². The molecular formula is C14H18ClN5. The normalized spacial score (nSPS) is 10.3. The highest BCUT2D eigenvalue weighted by Gasteiger charge is 2.11. The molecule has 0 radical (unpaired) electrons. The van der Waals surface area contributed by atoms with Crippen LogP contribution in [0.4, 0.5) is 11.8 Å². The van der Waals surface area contributed by atoms with E-state index < -0.39 is 0 Å². The largest absolute Gasteiger partial charge is 0.354 e. The van der Waals surface area contributed by atoms with Crippen molar-refractivity contribution >= 4 is 23.4 Å². The fourth-order valence-electron chi connectivity index (χ4n) is 1.76. The van der Waals surface area contributed by atoms with Crippen LogP contribution in [-0.2, 0) is 6.54 Å². The van der Waals surface area contributed by atoms with Crippen molar-refractivity contribution in [1.29, 1.82) is 0 Å². The van der Waals surface area contributed by atoms with E-state index in [1.807, 2.05) is 30.1 Å². The first-order chi connectivity index (χ1) is 9.70. The molecule has 0 fully saturated rings. The predicted molar refractivity (Wildman–Crippen MR) is 82.2 cm³/mol. The van der Waals surface area contributed by atoms with Gasteiger partial charge in [-0.05, 0) is 18.6 Å². The Morgan fingerprint density at radius 3 is 2.85 bits per heavy atom. The Balaban J connectivity index is 2.13. The number of nitrogens with one attached hydrogen (secondary N) is 1. The summed E-state index contributed by atoms with van der Waals surface area (Å²) in [6.07, 6.45) is 4.42. The standard InChI is InChI=1S/C14H18ClN5/c1-3-7-17-14-18-9-12(15)13(19-14)20(2)10-11-6-4-5-8-16-11/h4-6,8-9H,3,7,10H2,1-2H3,(H,17,18,19). The van der Waals surface area contributed by atoms with Crippen LogP contribution in [0.25, 0.3) is 0 Å². The van der Waals surface area contributed by atoms with Crippen LogP contribution in [0.15, 0.2) is 30.6 Å². The second-order valence-electron chi connectivity index (χ2n) is 4.47. The Kier molecular flexibility index (Phi) is 5.12. The van der Waals surface area contributed by atoms with Crippen molar-refractivity contribution in [2.45, 2.75) is 19.9 Å². The van der Waals surface area contributed by atoms with Gasteiger partial charge in [-0.3, -0.25) is 4.98 Å². The van der Waals surface area contributed by atoms with Gasteiger partial charge in [0.05, 0.1) is 18.4 Å². The van der Waals surface area contributed by atoms with E-state index in [0.29, 0.717) is 23.3 Å². The third-order valence-corrected chi connectivity index (χ3v) is 3.01. The zero-order valence-corrected chi connectivity index (χ0v) is 12.4. The van der Waals surface area contributed by atoms with Crippen LogP contribution in [0.3, 0.4) is 0 Å². The molecule has 0 amide bonds. The first-order valence-electron chi connectivity index (χ1n) is 6.58. The van der Waals surface area contributed by atoms with Gasteiger partial charge in [0, 0.05) is 19.8 Å². The molecule has 2 aromatic rings. The molecule has 2 heterocycles. The van der Waals surface area contributed by atoms with Crippen LogP contribution in [0.5, 0.6) is 0 Å². The molecule has 0 atom stereocenters. The van der Waals surface area contributed by atoms with Gasteiger partial charge in [-0.1, -0.05) is 24.6 Å². The minimum Gasteiger partial charge on any atom is -0.354 e. The third-order valence-electron chi connectivity index (χ3n) is 2.75. The summed E-state index contributed by atoms with van der Waals surface area (Å²) in [6, 6.07) is 5.84. The molecule has 0 bridgehead atoms. The number of aromatic nitrogens is 3. The molecule has 1 N–H and O–H groups in total. The topological polar surface area (TPSA) is 53.9 Å². The van der Waals surface area contributed by atoms with Gasteiger partial charge in [0.1, 0.15) is 5.02 Å². The molecule has 2 aromatic heterocycles. The van der Waals surface area contributed by atoms with Gasteiger partial charge in [-0.15, -0.1) is 0 Å². The van der Waals surface area contributed by atoms with E-state index in [4.69, 9.17) is 11.6 Å². The van der Waals surface area contributed by atoms with Crippen LogP contribution >= 0.6 is 11.6 Å². The van der Waals surface area contributed by atoms with Crippen LogP contribution in [0, 0.1) is 0 Å². The predicted octanol–water partition coefficient (Wildman–Crippen LogP) is 2.98. The van der Waals surface area contributed by atoms with Crippen molar-refractivity contribution in [2.75, 3.05) is 23.8 Å². The van der Waals surface area contributed by atoms with Crippen molar-refractivity contribution in [2.24, 2.45) is 0 Å². The van der Waals surface area contributed by atoms with E-state index in [1.165, 1.54) is 0 Å². The number of nitrogens with zero attached hydrogens (tertiary/aromatic N) is 4. The highest BCUT2D eigenvalue weighted by molar-refractivity contribution is 6.32.